The first-order valence-electron chi connectivity index (χ1n) is 4.99. The maximum absolute atomic E-state index is 9.21. The summed E-state index contributed by atoms with van der Waals surface area (Å²) in [7, 11) is 1.62. The highest BCUT2D eigenvalue weighted by molar-refractivity contribution is 5.34. The molecule has 0 heterocycles. The fourth-order valence-electron chi connectivity index (χ4n) is 1.47. The third kappa shape index (κ3) is 2.94. The molecule has 0 unspecified atom stereocenters. The smallest absolute Gasteiger partial charge is 0.122 e. The van der Waals surface area contributed by atoms with Crippen LogP contribution < -0.4 is 4.74 Å². The minimum Gasteiger partial charge on any atom is -0.496 e. The summed E-state index contributed by atoms with van der Waals surface area (Å²) in [6.45, 7) is 1.77. The van der Waals surface area contributed by atoms with Crippen molar-refractivity contribution in [2.75, 3.05) is 20.3 Å². The van der Waals surface area contributed by atoms with Crippen molar-refractivity contribution in [1.29, 1.82) is 0 Å². The lowest BCUT2D eigenvalue weighted by Crippen LogP contribution is -2.28. The molecule has 0 radical (unpaired) electrons. The van der Waals surface area contributed by atoms with Crippen molar-refractivity contribution in [3.63, 3.8) is 0 Å². The lowest BCUT2D eigenvalue weighted by Gasteiger charge is -2.25. The highest BCUT2D eigenvalue weighted by atomic mass is 16.5. The van der Waals surface area contributed by atoms with Gasteiger partial charge in [-0.1, -0.05) is 25.1 Å². The highest BCUT2D eigenvalue weighted by Gasteiger charge is 2.24. The Morgan fingerprint density at radius 1 is 1.20 bits per heavy atom. The first kappa shape index (κ1) is 12.0. The molecule has 3 heteroatoms. The summed E-state index contributed by atoms with van der Waals surface area (Å²) in [5, 5.41) is 18.4. The van der Waals surface area contributed by atoms with Gasteiger partial charge in [0.1, 0.15) is 5.75 Å². The van der Waals surface area contributed by atoms with Gasteiger partial charge in [-0.25, -0.2) is 0 Å². The Labute approximate surface area is 90.3 Å². The average Bonchev–Trinajstić information content (AvgIpc) is 2.29. The van der Waals surface area contributed by atoms with Gasteiger partial charge in [0.05, 0.1) is 20.3 Å². The molecule has 1 rings (SSSR count). The van der Waals surface area contributed by atoms with Gasteiger partial charge in [-0.2, -0.15) is 0 Å². The number of aliphatic hydroxyl groups is 2. The van der Waals surface area contributed by atoms with E-state index < -0.39 is 5.41 Å². The summed E-state index contributed by atoms with van der Waals surface area (Å²) in [6, 6.07) is 7.65. The van der Waals surface area contributed by atoms with E-state index in [1.807, 2.05) is 31.2 Å². The van der Waals surface area contributed by atoms with Crippen LogP contribution >= 0.6 is 0 Å². The van der Waals surface area contributed by atoms with Crippen molar-refractivity contribution >= 4 is 0 Å². The quantitative estimate of drug-likeness (QED) is 0.768. The van der Waals surface area contributed by atoms with E-state index in [2.05, 4.69) is 0 Å². The van der Waals surface area contributed by atoms with E-state index in [1.54, 1.807) is 7.11 Å². The van der Waals surface area contributed by atoms with Crippen molar-refractivity contribution in [2.45, 2.75) is 13.3 Å². The zero-order chi connectivity index (χ0) is 11.3. The predicted octanol–water partition coefficient (Wildman–Crippen LogP) is 1.23. The van der Waals surface area contributed by atoms with Crippen LogP contribution in [0.4, 0.5) is 0 Å². The number of aliphatic hydroxyl groups excluding tert-OH is 2. The monoisotopic (exact) mass is 210 g/mol. The molecule has 1 aromatic rings. The van der Waals surface area contributed by atoms with Crippen LogP contribution in [0.3, 0.4) is 0 Å². The molecule has 0 aliphatic carbocycles. The minimum atomic E-state index is -0.491. The zero-order valence-corrected chi connectivity index (χ0v) is 9.23. The standard InChI is InChI=1S/C12H18O3/c1-12(8-13,9-14)7-10-5-3-4-6-11(10)15-2/h3-6,13-14H,7-9H2,1-2H3. The number of benzene rings is 1. The van der Waals surface area contributed by atoms with E-state index in [0.29, 0.717) is 6.42 Å². The van der Waals surface area contributed by atoms with Gasteiger partial charge < -0.3 is 14.9 Å². The molecule has 0 amide bonds. The fraction of sp³-hybridized carbons (Fsp3) is 0.500. The molecule has 0 aromatic heterocycles. The van der Waals surface area contributed by atoms with Gasteiger partial charge >= 0.3 is 0 Å². The third-order valence-corrected chi connectivity index (χ3v) is 2.57. The van der Waals surface area contributed by atoms with E-state index in [9.17, 15) is 10.2 Å². The SMILES string of the molecule is COc1ccccc1CC(C)(CO)CO. The van der Waals surface area contributed by atoms with Crippen molar-refractivity contribution < 1.29 is 14.9 Å². The predicted molar refractivity (Wildman–Crippen MR) is 59.0 cm³/mol. The maximum Gasteiger partial charge on any atom is 0.122 e. The van der Waals surface area contributed by atoms with E-state index >= 15 is 0 Å². The summed E-state index contributed by atoms with van der Waals surface area (Å²) in [5.41, 5.74) is 0.514. The Balaban J connectivity index is 2.87. The van der Waals surface area contributed by atoms with Crippen LogP contribution in [-0.4, -0.2) is 30.5 Å². The number of methoxy groups -OCH3 is 1. The molecule has 0 spiro atoms. The summed E-state index contributed by atoms with van der Waals surface area (Å²) >= 11 is 0. The molecular formula is C12H18O3. The molecule has 0 aliphatic heterocycles. The second-order valence-corrected chi connectivity index (χ2v) is 4.12. The van der Waals surface area contributed by atoms with Crippen LogP contribution in [-0.2, 0) is 6.42 Å². The molecule has 2 N–H and O–H groups in total. The van der Waals surface area contributed by atoms with Crippen LogP contribution in [0.1, 0.15) is 12.5 Å². The van der Waals surface area contributed by atoms with Gasteiger partial charge in [0, 0.05) is 5.41 Å². The second-order valence-electron chi connectivity index (χ2n) is 4.12. The highest BCUT2D eigenvalue weighted by Crippen LogP contribution is 2.27. The Kier molecular flexibility index (Phi) is 4.12. The normalized spacial score (nSPS) is 11.5. The Morgan fingerprint density at radius 2 is 1.80 bits per heavy atom. The number of rotatable bonds is 5. The van der Waals surface area contributed by atoms with Gasteiger partial charge in [0.2, 0.25) is 0 Å². The zero-order valence-electron chi connectivity index (χ0n) is 9.23. The van der Waals surface area contributed by atoms with Gasteiger partial charge in [-0.3, -0.25) is 0 Å². The van der Waals surface area contributed by atoms with Gasteiger partial charge in [0.25, 0.3) is 0 Å². The van der Waals surface area contributed by atoms with Gasteiger partial charge in [-0.15, -0.1) is 0 Å². The summed E-state index contributed by atoms with van der Waals surface area (Å²) in [5.74, 6) is 0.797. The van der Waals surface area contributed by atoms with Gasteiger partial charge in [0.15, 0.2) is 0 Å². The first-order chi connectivity index (χ1) is 7.15. The van der Waals surface area contributed by atoms with Gasteiger partial charge in [-0.05, 0) is 18.1 Å². The number of para-hydroxylation sites is 1. The number of ether oxygens (including phenoxy) is 1. The van der Waals surface area contributed by atoms with Crippen molar-refractivity contribution in [3.8, 4) is 5.75 Å². The number of hydrogen-bond acceptors (Lipinski definition) is 3. The molecule has 0 saturated carbocycles. The summed E-state index contributed by atoms with van der Waals surface area (Å²) < 4.78 is 5.22. The van der Waals surface area contributed by atoms with Crippen LogP contribution in [0.5, 0.6) is 5.75 Å². The van der Waals surface area contributed by atoms with E-state index in [0.717, 1.165) is 11.3 Å². The molecule has 0 saturated heterocycles. The third-order valence-electron chi connectivity index (χ3n) is 2.57. The minimum absolute atomic E-state index is 0.0401. The Hall–Kier alpha value is -1.06. The molecule has 3 nitrogen and oxygen atoms in total. The van der Waals surface area contributed by atoms with Crippen LogP contribution in [0.25, 0.3) is 0 Å². The first-order valence-corrected chi connectivity index (χ1v) is 4.99. The van der Waals surface area contributed by atoms with E-state index in [-0.39, 0.29) is 13.2 Å². The van der Waals surface area contributed by atoms with Crippen molar-refractivity contribution in [1.82, 2.24) is 0 Å². The van der Waals surface area contributed by atoms with Crippen LogP contribution in [0.15, 0.2) is 24.3 Å². The van der Waals surface area contributed by atoms with Crippen LogP contribution in [0.2, 0.25) is 0 Å². The summed E-state index contributed by atoms with van der Waals surface area (Å²) in [4.78, 5) is 0. The lowest BCUT2D eigenvalue weighted by molar-refractivity contribution is 0.0699. The fourth-order valence-corrected chi connectivity index (χ4v) is 1.47. The topological polar surface area (TPSA) is 49.7 Å². The largest absolute Gasteiger partial charge is 0.496 e. The molecular weight excluding hydrogens is 192 g/mol. The average molecular weight is 210 g/mol. The van der Waals surface area contributed by atoms with E-state index in [4.69, 9.17) is 4.74 Å². The molecule has 1 aromatic carbocycles. The molecule has 0 fully saturated rings. The van der Waals surface area contributed by atoms with Crippen molar-refractivity contribution in [3.05, 3.63) is 29.8 Å². The Bertz CT molecular complexity index is 305. The molecule has 0 atom stereocenters. The second kappa shape index (κ2) is 5.14. The molecule has 0 bridgehead atoms. The van der Waals surface area contributed by atoms with E-state index in [1.165, 1.54) is 0 Å². The molecule has 15 heavy (non-hydrogen) atoms. The maximum atomic E-state index is 9.21. The Morgan fingerprint density at radius 3 is 2.33 bits per heavy atom. The summed E-state index contributed by atoms with van der Waals surface area (Å²) in [6.07, 6.45) is 0.601. The molecule has 0 aliphatic rings. The lowest BCUT2D eigenvalue weighted by atomic mass is 9.85. The molecule has 84 valence electrons. The van der Waals surface area contributed by atoms with Crippen LogP contribution in [0, 0.1) is 5.41 Å². The van der Waals surface area contributed by atoms with Crippen molar-refractivity contribution in [2.24, 2.45) is 5.41 Å². The number of hydrogen-bond donors (Lipinski definition) is 2.